The molecule has 4 atom stereocenters. The van der Waals surface area contributed by atoms with E-state index in [1.54, 1.807) is 27.7 Å². The largest absolute Gasteiger partial charge is 0.380 e. The zero-order chi connectivity index (χ0) is 18.9. The summed E-state index contributed by atoms with van der Waals surface area (Å²) in [5.41, 5.74) is 0. The van der Waals surface area contributed by atoms with Crippen LogP contribution in [0.15, 0.2) is 0 Å². The van der Waals surface area contributed by atoms with E-state index in [0.29, 0.717) is 6.61 Å². The molecule has 9 heteroatoms. The molecule has 148 valence electrons. The average Bonchev–Trinajstić information content (AvgIpc) is 2.98. The second-order valence-corrected chi connectivity index (χ2v) is 9.29. The van der Waals surface area contributed by atoms with E-state index in [4.69, 9.17) is 28.0 Å². The van der Waals surface area contributed by atoms with Gasteiger partial charge in [-0.15, -0.1) is 0 Å². The molecule has 2 saturated heterocycles. The Morgan fingerprint density at radius 3 is 2.16 bits per heavy atom. The van der Waals surface area contributed by atoms with Gasteiger partial charge in [0.2, 0.25) is 0 Å². The number of rotatable bonds is 8. The number of aliphatic hydroxyl groups excluding tert-OH is 1. The van der Waals surface area contributed by atoms with Crippen LogP contribution in [-0.4, -0.2) is 60.7 Å². The minimum Gasteiger partial charge on any atom is -0.380 e. The highest BCUT2D eigenvalue weighted by atomic mass is 31.2. The number of aliphatic hydroxyl groups is 1. The highest BCUT2D eigenvalue weighted by Crippen LogP contribution is 2.54. The SMILES string of the molecule is CCOP(=O)(OCC)C(O)C[C@H]1OC(C)(C)O[C@@H]1[C@H]1COC(C)(C)O1. The van der Waals surface area contributed by atoms with Crippen molar-refractivity contribution in [3.8, 4) is 0 Å². The second kappa shape index (κ2) is 7.90. The minimum atomic E-state index is -3.64. The van der Waals surface area contributed by atoms with Gasteiger partial charge in [0, 0.05) is 6.42 Å². The molecule has 2 fully saturated rings. The predicted molar refractivity (Wildman–Crippen MR) is 90.2 cm³/mol. The van der Waals surface area contributed by atoms with Crippen molar-refractivity contribution in [2.45, 2.75) is 83.7 Å². The quantitative estimate of drug-likeness (QED) is 0.641. The third kappa shape index (κ3) is 5.23. The van der Waals surface area contributed by atoms with Gasteiger partial charge in [-0.25, -0.2) is 0 Å². The van der Waals surface area contributed by atoms with Crippen molar-refractivity contribution in [3.05, 3.63) is 0 Å². The molecule has 0 saturated carbocycles. The van der Waals surface area contributed by atoms with E-state index in [0.717, 1.165) is 0 Å². The standard InChI is InChI=1S/C16H31O8P/c1-7-20-25(18,21-8-2)13(17)9-11-14(24-16(5,6)22-11)12-10-19-15(3,4)23-12/h11-14,17H,7-10H2,1-6H3/t11-,12-,13?,14+/m1/s1. The summed E-state index contributed by atoms with van der Waals surface area (Å²) in [4.78, 5) is 0. The number of hydrogen-bond acceptors (Lipinski definition) is 8. The summed E-state index contributed by atoms with van der Waals surface area (Å²) in [5.74, 6) is -2.85. The molecule has 25 heavy (non-hydrogen) atoms. The Balaban J connectivity index is 2.10. The maximum atomic E-state index is 12.7. The van der Waals surface area contributed by atoms with Gasteiger partial charge in [-0.05, 0) is 41.5 Å². The van der Waals surface area contributed by atoms with Gasteiger partial charge in [0.1, 0.15) is 12.2 Å². The van der Waals surface area contributed by atoms with Gasteiger partial charge in [0.25, 0.3) is 0 Å². The molecule has 2 aliphatic heterocycles. The van der Waals surface area contributed by atoms with Crippen LogP contribution in [0.25, 0.3) is 0 Å². The van der Waals surface area contributed by atoms with Gasteiger partial charge in [-0.1, -0.05) is 0 Å². The highest BCUT2D eigenvalue weighted by molar-refractivity contribution is 7.54. The fourth-order valence-electron chi connectivity index (χ4n) is 3.14. The lowest BCUT2D eigenvalue weighted by Gasteiger charge is -2.27. The molecule has 8 nitrogen and oxygen atoms in total. The summed E-state index contributed by atoms with van der Waals surface area (Å²) < 4.78 is 46.5. The molecular weight excluding hydrogens is 351 g/mol. The molecule has 2 heterocycles. The van der Waals surface area contributed by atoms with E-state index in [9.17, 15) is 9.67 Å². The van der Waals surface area contributed by atoms with Gasteiger partial charge in [-0.2, -0.15) is 0 Å². The third-order valence-corrected chi connectivity index (χ3v) is 6.22. The predicted octanol–water partition coefficient (Wildman–Crippen LogP) is 2.63. The number of ether oxygens (including phenoxy) is 4. The van der Waals surface area contributed by atoms with Crippen molar-refractivity contribution in [2.75, 3.05) is 19.8 Å². The van der Waals surface area contributed by atoms with Crippen LogP contribution < -0.4 is 0 Å². The van der Waals surface area contributed by atoms with Crippen molar-refractivity contribution in [1.82, 2.24) is 0 Å². The van der Waals surface area contributed by atoms with Crippen LogP contribution in [0.3, 0.4) is 0 Å². The summed E-state index contributed by atoms with van der Waals surface area (Å²) in [5, 5.41) is 10.5. The molecule has 1 N–H and O–H groups in total. The van der Waals surface area contributed by atoms with Crippen molar-refractivity contribution in [3.63, 3.8) is 0 Å². The lowest BCUT2D eigenvalue weighted by atomic mass is 10.1. The van der Waals surface area contributed by atoms with E-state index < -0.39 is 37.2 Å². The van der Waals surface area contributed by atoms with Gasteiger partial charge in [-0.3, -0.25) is 4.57 Å². The lowest BCUT2D eigenvalue weighted by molar-refractivity contribution is -0.174. The van der Waals surface area contributed by atoms with Gasteiger partial charge in [0.05, 0.1) is 25.9 Å². The van der Waals surface area contributed by atoms with Crippen LogP contribution in [0.5, 0.6) is 0 Å². The monoisotopic (exact) mass is 382 g/mol. The summed E-state index contributed by atoms with van der Waals surface area (Å²) in [6, 6.07) is 0. The summed E-state index contributed by atoms with van der Waals surface area (Å²) in [6.07, 6.45) is -1.27. The molecular formula is C16H31O8P. The molecule has 0 bridgehead atoms. The first-order valence-corrected chi connectivity index (χ1v) is 10.4. The van der Waals surface area contributed by atoms with Gasteiger partial charge < -0.3 is 33.1 Å². The summed E-state index contributed by atoms with van der Waals surface area (Å²) in [7, 11) is -3.64. The molecule has 0 aromatic carbocycles. The second-order valence-electron chi connectivity index (χ2n) is 7.10. The first-order chi connectivity index (χ1) is 11.5. The Hall–Kier alpha value is -0.0500. The Bertz CT molecular complexity index is 485. The molecule has 2 aliphatic rings. The Morgan fingerprint density at radius 2 is 1.68 bits per heavy atom. The van der Waals surface area contributed by atoms with E-state index >= 15 is 0 Å². The van der Waals surface area contributed by atoms with Crippen molar-refractivity contribution in [1.29, 1.82) is 0 Å². The highest BCUT2D eigenvalue weighted by Gasteiger charge is 2.51. The molecule has 0 aromatic heterocycles. The maximum Gasteiger partial charge on any atom is 0.358 e. The maximum absolute atomic E-state index is 12.7. The van der Waals surface area contributed by atoms with Crippen LogP contribution in [0.1, 0.15) is 48.0 Å². The topological polar surface area (TPSA) is 92.7 Å². The van der Waals surface area contributed by atoms with Crippen LogP contribution in [0.2, 0.25) is 0 Å². The normalized spacial score (nSPS) is 32.8. The Morgan fingerprint density at radius 1 is 1.08 bits per heavy atom. The number of hydrogen-bond donors (Lipinski definition) is 1. The fraction of sp³-hybridized carbons (Fsp3) is 1.00. The third-order valence-electron chi connectivity index (χ3n) is 4.04. The molecule has 0 amide bonds. The van der Waals surface area contributed by atoms with E-state index in [2.05, 4.69) is 0 Å². The zero-order valence-electron chi connectivity index (χ0n) is 15.9. The van der Waals surface area contributed by atoms with Crippen molar-refractivity contribution in [2.24, 2.45) is 0 Å². The van der Waals surface area contributed by atoms with E-state index in [1.165, 1.54) is 0 Å². The first kappa shape index (κ1) is 21.3. The van der Waals surface area contributed by atoms with Crippen LogP contribution in [0, 0.1) is 0 Å². The van der Waals surface area contributed by atoms with Crippen LogP contribution in [-0.2, 0) is 32.6 Å². The lowest BCUT2D eigenvalue weighted by Crippen LogP contribution is -2.39. The Labute approximate surface area is 149 Å². The zero-order valence-corrected chi connectivity index (χ0v) is 16.8. The molecule has 2 rings (SSSR count). The fourth-order valence-corrected chi connectivity index (χ4v) is 4.75. The average molecular weight is 382 g/mol. The van der Waals surface area contributed by atoms with E-state index in [-0.39, 0.29) is 25.7 Å². The molecule has 0 radical (unpaired) electrons. The van der Waals surface area contributed by atoms with Gasteiger partial charge >= 0.3 is 7.60 Å². The first-order valence-electron chi connectivity index (χ1n) is 8.76. The molecule has 0 spiro atoms. The smallest absolute Gasteiger partial charge is 0.358 e. The summed E-state index contributed by atoms with van der Waals surface area (Å²) >= 11 is 0. The van der Waals surface area contributed by atoms with Crippen molar-refractivity contribution < 1.29 is 37.7 Å². The van der Waals surface area contributed by atoms with Crippen LogP contribution in [0.4, 0.5) is 0 Å². The van der Waals surface area contributed by atoms with Crippen LogP contribution >= 0.6 is 7.60 Å². The molecule has 1 unspecified atom stereocenters. The minimum absolute atomic E-state index is 0.0473. The van der Waals surface area contributed by atoms with Crippen molar-refractivity contribution >= 4 is 7.60 Å². The summed E-state index contributed by atoms with van der Waals surface area (Å²) in [6.45, 7) is 11.4. The Kier molecular flexibility index (Phi) is 6.72. The van der Waals surface area contributed by atoms with Gasteiger partial charge in [0.15, 0.2) is 17.4 Å². The molecule has 0 aliphatic carbocycles. The van der Waals surface area contributed by atoms with E-state index in [1.807, 2.05) is 13.8 Å². The molecule has 0 aromatic rings.